The van der Waals surface area contributed by atoms with Crippen LogP contribution in [0.3, 0.4) is 0 Å². The highest BCUT2D eigenvalue weighted by Crippen LogP contribution is 2.26. The smallest absolute Gasteiger partial charge is 0.225 e. The summed E-state index contributed by atoms with van der Waals surface area (Å²) in [6, 6.07) is 0. The third-order valence-corrected chi connectivity index (χ3v) is 6.59. The van der Waals surface area contributed by atoms with Crippen LogP contribution in [0.4, 0.5) is 0 Å². The number of carbonyl (C=O) groups excluding carboxylic acids is 1. The number of allylic oxidation sites excluding steroid dienone is 1. The van der Waals surface area contributed by atoms with Gasteiger partial charge in [0, 0.05) is 58.6 Å². The maximum Gasteiger partial charge on any atom is 0.225 e. The molecule has 0 radical (unpaired) electrons. The van der Waals surface area contributed by atoms with Gasteiger partial charge in [-0.25, -0.2) is 0 Å². The zero-order valence-electron chi connectivity index (χ0n) is 19.5. The summed E-state index contributed by atoms with van der Waals surface area (Å²) in [7, 11) is 0. The standard InChI is InChI=1S/C23H46N4O.2H2/c1-8-22(4,5)20(3)24-12-10-14-26-16-18-27(19-17-26)15-11-13-25-21(28)23(6,7)9-2;;/h24H,3,8-19H2,1-2,4-7H3,(H,25,28);2*1H. The first-order valence-electron chi connectivity index (χ1n) is 11.3. The van der Waals surface area contributed by atoms with Gasteiger partial charge in [-0.2, -0.15) is 0 Å². The molecule has 1 saturated heterocycles. The van der Waals surface area contributed by atoms with Crippen molar-refractivity contribution in [2.24, 2.45) is 10.8 Å². The zero-order valence-corrected chi connectivity index (χ0v) is 19.5. The average Bonchev–Trinajstić information content (AvgIpc) is 2.68. The van der Waals surface area contributed by atoms with Crippen molar-refractivity contribution in [3.05, 3.63) is 12.3 Å². The summed E-state index contributed by atoms with van der Waals surface area (Å²) < 4.78 is 0. The van der Waals surface area contributed by atoms with Crippen LogP contribution in [0.5, 0.6) is 0 Å². The summed E-state index contributed by atoms with van der Waals surface area (Å²) in [6.45, 7) is 25.6. The second-order valence-electron chi connectivity index (χ2n) is 9.53. The Morgan fingerprint density at radius 3 is 1.71 bits per heavy atom. The third-order valence-electron chi connectivity index (χ3n) is 6.59. The Labute approximate surface area is 177 Å². The first-order valence-corrected chi connectivity index (χ1v) is 11.3. The summed E-state index contributed by atoms with van der Waals surface area (Å²) in [5.74, 6) is 0.179. The molecule has 0 aromatic rings. The molecule has 5 heteroatoms. The minimum atomic E-state index is -0.251. The van der Waals surface area contributed by atoms with E-state index in [1.807, 2.05) is 13.8 Å². The number of piperazine rings is 1. The highest BCUT2D eigenvalue weighted by atomic mass is 16.2. The second kappa shape index (κ2) is 11.8. The SMILES string of the molecule is C=C(NCCCN1CCN(CCCNC(=O)C(C)(C)CC)CC1)C(C)(C)CC.[HH].[HH]. The van der Waals surface area contributed by atoms with Gasteiger partial charge in [0.2, 0.25) is 5.91 Å². The normalized spacial score (nSPS) is 16.8. The van der Waals surface area contributed by atoms with Gasteiger partial charge in [0.1, 0.15) is 0 Å². The molecule has 2 N–H and O–H groups in total. The molecule has 1 amide bonds. The zero-order chi connectivity index (χ0) is 21.2. The van der Waals surface area contributed by atoms with Crippen LogP contribution < -0.4 is 10.6 Å². The number of amides is 1. The molecule has 0 bridgehead atoms. The van der Waals surface area contributed by atoms with Gasteiger partial charge in [0.05, 0.1) is 0 Å². The lowest BCUT2D eigenvalue weighted by Gasteiger charge is -2.35. The Morgan fingerprint density at radius 2 is 1.29 bits per heavy atom. The highest BCUT2D eigenvalue weighted by Gasteiger charge is 2.24. The molecule has 1 heterocycles. The Balaban J connectivity index is 0. The van der Waals surface area contributed by atoms with Crippen molar-refractivity contribution in [3.63, 3.8) is 0 Å². The number of hydrogen-bond donors (Lipinski definition) is 2. The van der Waals surface area contributed by atoms with E-state index in [0.29, 0.717) is 0 Å². The molecule has 5 nitrogen and oxygen atoms in total. The van der Waals surface area contributed by atoms with E-state index in [2.05, 4.69) is 54.7 Å². The third kappa shape index (κ3) is 8.52. The Hall–Kier alpha value is -1.07. The molecule has 1 aliphatic heterocycles. The first kappa shape index (κ1) is 25.0. The molecule has 1 rings (SSSR count). The lowest BCUT2D eigenvalue weighted by atomic mass is 9.87. The van der Waals surface area contributed by atoms with Crippen molar-refractivity contribution in [3.8, 4) is 0 Å². The van der Waals surface area contributed by atoms with Crippen molar-refractivity contribution in [1.29, 1.82) is 0 Å². The lowest BCUT2D eigenvalue weighted by Crippen LogP contribution is -2.47. The Morgan fingerprint density at radius 1 is 0.857 bits per heavy atom. The number of nitrogens with one attached hydrogen (secondary N) is 2. The van der Waals surface area contributed by atoms with Gasteiger partial charge in [-0.3, -0.25) is 4.79 Å². The van der Waals surface area contributed by atoms with E-state index in [4.69, 9.17) is 0 Å². The highest BCUT2D eigenvalue weighted by molar-refractivity contribution is 5.81. The second-order valence-corrected chi connectivity index (χ2v) is 9.53. The van der Waals surface area contributed by atoms with Crippen molar-refractivity contribution in [2.45, 2.75) is 67.2 Å². The number of hydrogen-bond acceptors (Lipinski definition) is 4. The van der Waals surface area contributed by atoms with E-state index in [1.54, 1.807) is 0 Å². The fourth-order valence-electron chi connectivity index (χ4n) is 3.14. The molecule has 0 spiro atoms. The van der Waals surface area contributed by atoms with E-state index in [1.165, 1.54) is 0 Å². The molecule has 1 fully saturated rings. The molecule has 1 aliphatic rings. The summed E-state index contributed by atoms with van der Waals surface area (Å²) in [4.78, 5) is 17.2. The average molecular weight is 399 g/mol. The Bertz CT molecular complexity index is 446. The van der Waals surface area contributed by atoms with Crippen LogP contribution >= 0.6 is 0 Å². The first-order chi connectivity index (χ1) is 13.1. The van der Waals surface area contributed by atoms with Gasteiger partial charge in [-0.05, 0) is 38.8 Å². The van der Waals surface area contributed by atoms with E-state index in [0.717, 1.165) is 83.7 Å². The van der Waals surface area contributed by atoms with Gasteiger partial charge in [0.15, 0.2) is 0 Å². The summed E-state index contributed by atoms with van der Waals surface area (Å²) in [5.41, 5.74) is 1.09. The summed E-state index contributed by atoms with van der Waals surface area (Å²) in [5, 5.41) is 6.60. The van der Waals surface area contributed by atoms with Crippen LogP contribution in [0, 0.1) is 10.8 Å². The van der Waals surface area contributed by atoms with Crippen molar-refractivity contribution in [2.75, 3.05) is 52.4 Å². The summed E-state index contributed by atoms with van der Waals surface area (Å²) >= 11 is 0. The van der Waals surface area contributed by atoms with Crippen molar-refractivity contribution < 1.29 is 7.65 Å². The van der Waals surface area contributed by atoms with Crippen molar-refractivity contribution in [1.82, 2.24) is 20.4 Å². The molecular weight excluding hydrogens is 348 g/mol. The maximum atomic E-state index is 12.1. The van der Waals surface area contributed by atoms with Crippen LogP contribution in [-0.2, 0) is 4.79 Å². The summed E-state index contributed by atoms with van der Waals surface area (Å²) in [6.07, 6.45) is 4.18. The number of carbonyl (C=O) groups is 1. The quantitative estimate of drug-likeness (QED) is 0.461. The van der Waals surface area contributed by atoms with Gasteiger partial charge in [-0.15, -0.1) is 0 Å². The molecule has 0 aliphatic carbocycles. The van der Waals surface area contributed by atoms with Crippen molar-refractivity contribution >= 4 is 5.91 Å². The van der Waals surface area contributed by atoms with Crippen LogP contribution in [0.2, 0.25) is 0 Å². The Kier molecular flexibility index (Phi) is 10.5. The monoisotopic (exact) mass is 398 g/mol. The number of nitrogens with zero attached hydrogens (tertiary/aromatic N) is 2. The predicted molar refractivity (Wildman–Crippen MR) is 125 cm³/mol. The molecule has 0 aromatic carbocycles. The minimum absolute atomic E-state index is 0. The molecule has 0 atom stereocenters. The van der Waals surface area contributed by atoms with Crippen LogP contribution in [0.25, 0.3) is 0 Å². The van der Waals surface area contributed by atoms with E-state index in [-0.39, 0.29) is 19.6 Å². The van der Waals surface area contributed by atoms with Crippen LogP contribution in [0.1, 0.15) is 70.1 Å². The maximum absolute atomic E-state index is 12.1. The number of rotatable bonds is 13. The van der Waals surface area contributed by atoms with Crippen LogP contribution in [0.15, 0.2) is 12.3 Å². The van der Waals surface area contributed by atoms with Gasteiger partial charge < -0.3 is 20.4 Å². The fraction of sp³-hybridized carbons (Fsp3) is 0.870. The molecule has 168 valence electrons. The molecule has 0 unspecified atom stereocenters. The predicted octanol–water partition coefficient (Wildman–Crippen LogP) is 3.97. The molecule has 28 heavy (non-hydrogen) atoms. The molecular formula is C23H50N4O. The van der Waals surface area contributed by atoms with Crippen LogP contribution in [-0.4, -0.2) is 68.1 Å². The topological polar surface area (TPSA) is 47.6 Å². The fourth-order valence-corrected chi connectivity index (χ4v) is 3.14. The molecule has 0 aromatic heterocycles. The minimum Gasteiger partial charge on any atom is -0.388 e. The van der Waals surface area contributed by atoms with Gasteiger partial charge in [0.25, 0.3) is 0 Å². The van der Waals surface area contributed by atoms with Gasteiger partial charge in [-0.1, -0.05) is 48.1 Å². The largest absolute Gasteiger partial charge is 0.388 e. The molecule has 0 saturated carbocycles. The van der Waals surface area contributed by atoms with Gasteiger partial charge >= 0.3 is 0 Å². The van der Waals surface area contributed by atoms with E-state index < -0.39 is 0 Å². The van der Waals surface area contributed by atoms with E-state index in [9.17, 15) is 4.79 Å². The lowest BCUT2D eigenvalue weighted by molar-refractivity contribution is -0.129. The van der Waals surface area contributed by atoms with E-state index >= 15 is 0 Å².